The van der Waals surface area contributed by atoms with Crippen LogP contribution in [0.2, 0.25) is 0 Å². The molecule has 0 unspecified atom stereocenters. The Morgan fingerprint density at radius 2 is 1.83 bits per heavy atom. The fourth-order valence-electron chi connectivity index (χ4n) is 3.13. The molecule has 5 heteroatoms. The number of nitrogens with zero attached hydrogens (tertiary/aromatic N) is 2. The van der Waals surface area contributed by atoms with Crippen molar-refractivity contribution in [3.05, 3.63) is 30.3 Å². The fraction of sp³-hybridized carbons (Fsp3) is 0.579. The normalized spacial score (nSPS) is 15.9. The molecule has 0 bridgehead atoms. The molecule has 5 nitrogen and oxygen atoms in total. The first-order valence-corrected chi connectivity index (χ1v) is 9.01. The lowest BCUT2D eigenvalue weighted by Gasteiger charge is -2.32. The van der Waals surface area contributed by atoms with Crippen LogP contribution in [0, 0.1) is 5.92 Å². The Morgan fingerprint density at radius 1 is 1.17 bits per heavy atom. The second-order valence-electron chi connectivity index (χ2n) is 6.31. The molecule has 1 N–H and O–H groups in total. The van der Waals surface area contributed by atoms with Crippen molar-refractivity contribution < 1.29 is 9.59 Å². The zero-order chi connectivity index (χ0) is 17.4. The zero-order valence-corrected chi connectivity index (χ0v) is 14.8. The van der Waals surface area contributed by atoms with Gasteiger partial charge in [0.2, 0.25) is 11.8 Å². The molecule has 1 aliphatic heterocycles. The van der Waals surface area contributed by atoms with Gasteiger partial charge in [-0.05, 0) is 51.4 Å². The number of likely N-dealkylation sites (N-methyl/N-ethyl adjacent to an activating group) is 1. The van der Waals surface area contributed by atoms with E-state index in [1.165, 1.54) is 0 Å². The Labute approximate surface area is 145 Å². The Balaban J connectivity index is 1.82. The average molecular weight is 331 g/mol. The number of piperidine rings is 1. The molecular formula is C19H29N3O2. The third kappa shape index (κ3) is 5.06. The van der Waals surface area contributed by atoms with Crippen molar-refractivity contribution in [2.24, 2.45) is 5.92 Å². The average Bonchev–Trinajstić information content (AvgIpc) is 2.62. The van der Waals surface area contributed by atoms with E-state index in [2.05, 4.69) is 17.1 Å². The van der Waals surface area contributed by atoms with Crippen LogP contribution in [0.25, 0.3) is 0 Å². The summed E-state index contributed by atoms with van der Waals surface area (Å²) >= 11 is 0. The number of para-hydroxylation sites is 1. The molecular weight excluding hydrogens is 302 g/mol. The summed E-state index contributed by atoms with van der Waals surface area (Å²) in [5, 5.41) is 2.97. The van der Waals surface area contributed by atoms with Crippen LogP contribution < -0.4 is 10.2 Å². The molecule has 1 aromatic carbocycles. The third-order valence-electron chi connectivity index (χ3n) is 4.55. The van der Waals surface area contributed by atoms with E-state index in [0.29, 0.717) is 13.1 Å². The van der Waals surface area contributed by atoms with Crippen LogP contribution in [0.5, 0.6) is 0 Å². The molecule has 2 rings (SSSR count). The first-order chi connectivity index (χ1) is 11.7. The molecule has 0 atom stereocenters. The molecule has 1 aromatic rings. The number of anilines is 1. The van der Waals surface area contributed by atoms with Gasteiger partial charge in [-0.3, -0.25) is 14.5 Å². The molecule has 132 valence electrons. The van der Waals surface area contributed by atoms with Gasteiger partial charge in [0.15, 0.2) is 0 Å². The van der Waals surface area contributed by atoms with Crippen LogP contribution in [-0.2, 0) is 9.59 Å². The van der Waals surface area contributed by atoms with Gasteiger partial charge >= 0.3 is 0 Å². The van der Waals surface area contributed by atoms with Gasteiger partial charge in [-0.1, -0.05) is 25.1 Å². The van der Waals surface area contributed by atoms with Crippen LogP contribution in [0.3, 0.4) is 0 Å². The first kappa shape index (κ1) is 18.5. The highest BCUT2D eigenvalue weighted by Gasteiger charge is 2.26. The number of nitrogens with one attached hydrogen (secondary N) is 1. The number of carbonyl (C=O) groups excluding carboxylic acids is 2. The molecule has 24 heavy (non-hydrogen) atoms. The molecule has 0 spiro atoms. The zero-order valence-electron chi connectivity index (χ0n) is 14.8. The van der Waals surface area contributed by atoms with Crippen LogP contribution in [0.4, 0.5) is 5.69 Å². The first-order valence-electron chi connectivity index (χ1n) is 9.01. The predicted octanol–water partition coefficient (Wildman–Crippen LogP) is 2.28. The molecule has 0 saturated carbocycles. The molecule has 1 aliphatic rings. The minimum absolute atomic E-state index is 0.0966. The predicted molar refractivity (Wildman–Crippen MR) is 96.9 cm³/mol. The van der Waals surface area contributed by atoms with Gasteiger partial charge in [-0.25, -0.2) is 0 Å². The Morgan fingerprint density at radius 3 is 2.42 bits per heavy atom. The van der Waals surface area contributed by atoms with Crippen LogP contribution in [0.15, 0.2) is 30.3 Å². The number of amides is 2. The van der Waals surface area contributed by atoms with Gasteiger partial charge in [-0.15, -0.1) is 0 Å². The molecule has 1 heterocycles. The van der Waals surface area contributed by atoms with E-state index in [-0.39, 0.29) is 17.7 Å². The monoisotopic (exact) mass is 331 g/mol. The largest absolute Gasteiger partial charge is 0.356 e. The number of benzene rings is 1. The van der Waals surface area contributed by atoms with Crippen molar-refractivity contribution in [1.82, 2.24) is 10.2 Å². The van der Waals surface area contributed by atoms with Gasteiger partial charge in [0.05, 0.1) is 6.54 Å². The summed E-state index contributed by atoms with van der Waals surface area (Å²) in [5.74, 6) is 0.388. The van der Waals surface area contributed by atoms with Gasteiger partial charge in [0.1, 0.15) is 0 Å². The molecule has 0 aliphatic carbocycles. The van der Waals surface area contributed by atoms with E-state index in [9.17, 15) is 9.59 Å². The lowest BCUT2D eigenvalue weighted by molar-refractivity contribution is -0.126. The second-order valence-corrected chi connectivity index (χ2v) is 6.31. The van der Waals surface area contributed by atoms with Crippen molar-refractivity contribution in [2.45, 2.75) is 33.1 Å². The van der Waals surface area contributed by atoms with Crippen LogP contribution >= 0.6 is 0 Å². The molecule has 0 aromatic heterocycles. The second kappa shape index (κ2) is 9.42. The maximum atomic E-state index is 12.6. The summed E-state index contributed by atoms with van der Waals surface area (Å²) in [6.45, 7) is 7.51. The summed E-state index contributed by atoms with van der Waals surface area (Å²) in [4.78, 5) is 28.6. The quantitative estimate of drug-likeness (QED) is 0.834. The minimum Gasteiger partial charge on any atom is -0.356 e. The van der Waals surface area contributed by atoms with Crippen molar-refractivity contribution in [2.75, 3.05) is 37.6 Å². The Bertz CT molecular complexity index is 525. The molecule has 0 radical (unpaired) electrons. The van der Waals surface area contributed by atoms with E-state index in [0.717, 1.165) is 44.6 Å². The number of hydrogen-bond acceptors (Lipinski definition) is 3. The van der Waals surface area contributed by atoms with E-state index < -0.39 is 0 Å². The number of likely N-dealkylation sites (tertiary alicyclic amines) is 1. The summed E-state index contributed by atoms with van der Waals surface area (Å²) in [7, 11) is 0. The van der Waals surface area contributed by atoms with E-state index in [1.54, 1.807) is 0 Å². The van der Waals surface area contributed by atoms with Crippen molar-refractivity contribution in [1.29, 1.82) is 0 Å². The Hall–Kier alpha value is -1.88. The lowest BCUT2D eigenvalue weighted by Crippen LogP contribution is -2.45. The highest BCUT2D eigenvalue weighted by Crippen LogP contribution is 2.18. The van der Waals surface area contributed by atoms with Crippen molar-refractivity contribution in [3.8, 4) is 0 Å². The van der Waals surface area contributed by atoms with Gasteiger partial charge in [0, 0.05) is 24.7 Å². The standard InChI is InChI=1S/C19H29N3O2/c1-3-12-20-19(24)16-10-13-21(14-11-16)15-18(23)22(4-2)17-8-6-5-7-9-17/h5-9,16H,3-4,10-15H2,1-2H3,(H,20,24). The summed E-state index contributed by atoms with van der Waals surface area (Å²) in [6, 6.07) is 9.78. The highest BCUT2D eigenvalue weighted by molar-refractivity contribution is 5.94. The topological polar surface area (TPSA) is 52.7 Å². The van der Waals surface area contributed by atoms with Crippen LogP contribution in [-0.4, -0.2) is 49.4 Å². The number of carbonyl (C=O) groups is 2. The van der Waals surface area contributed by atoms with E-state index in [1.807, 2.05) is 42.2 Å². The fourth-order valence-corrected chi connectivity index (χ4v) is 3.13. The molecule has 2 amide bonds. The molecule has 1 fully saturated rings. The minimum atomic E-state index is 0.0966. The van der Waals surface area contributed by atoms with Crippen molar-refractivity contribution >= 4 is 17.5 Å². The maximum absolute atomic E-state index is 12.6. The Kier molecular flexibility index (Phi) is 7.25. The molecule has 1 saturated heterocycles. The van der Waals surface area contributed by atoms with Gasteiger partial charge in [0.25, 0.3) is 0 Å². The van der Waals surface area contributed by atoms with Gasteiger partial charge in [-0.2, -0.15) is 0 Å². The third-order valence-corrected chi connectivity index (χ3v) is 4.55. The van der Waals surface area contributed by atoms with E-state index >= 15 is 0 Å². The number of hydrogen-bond donors (Lipinski definition) is 1. The van der Waals surface area contributed by atoms with Crippen molar-refractivity contribution in [3.63, 3.8) is 0 Å². The number of rotatable bonds is 7. The SMILES string of the molecule is CCCNC(=O)C1CCN(CC(=O)N(CC)c2ccccc2)CC1. The highest BCUT2D eigenvalue weighted by atomic mass is 16.2. The van der Waals surface area contributed by atoms with Gasteiger partial charge < -0.3 is 10.2 Å². The summed E-state index contributed by atoms with van der Waals surface area (Å²) in [6.07, 6.45) is 2.63. The summed E-state index contributed by atoms with van der Waals surface area (Å²) in [5.41, 5.74) is 0.943. The smallest absolute Gasteiger partial charge is 0.241 e. The van der Waals surface area contributed by atoms with E-state index in [4.69, 9.17) is 0 Å². The van der Waals surface area contributed by atoms with Crippen LogP contribution in [0.1, 0.15) is 33.1 Å². The lowest BCUT2D eigenvalue weighted by atomic mass is 9.96. The maximum Gasteiger partial charge on any atom is 0.241 e. The summed E-state index contributed by atoms with van der Waals surface area (Å²) < 4.78 is 0.